The summed E-state index contributed by atoms with van der Waals surface area (Å²) in [7, 11) is 0. The van der Waals surface area contributed by atoms with Crippen molar-refractivity contribution < 1.29 is 9.21 Å². The lowest BCUT2D eigenvalue weighted by Crippen LogP contribution is -2.13. The van der Waals surface area contributed by atoms with E-state index in [-0.39, 0.29) is 17.5 Å². The number of aromatic nitrogens is 3. The third-order valence-corrected chi connectivity index (χ3v) is 4.75. The first-order valence-electron chi connectivity index (χ1n) is 8.91. The van der Waals surface area contributed by atoms with E-state index in [9.17, 15) is 4.79 Å². The standard InChI is InChI=1S/C21H16ClN5O2/c1-12(2)27-20-16(11-24-27)15(9-18(26-20)19-4-3-7-29-19)21(28)25-14-5-6-17(22)13(8-14)10-23/h3-9,11-12H,1-2H3,(H,25,28). The van der Waals surface area contributed by atoms with Crippen LogP contribution in [0.4, 0.5) is 5.69 Å². The summed E-state index contributed by atoms with van der Waals surface area (Å²) in [6, 6.07) is 12.0. The van der Waals surface area contributed by atoms with Gasteiger partial charge in [-0.1, -0.05) is 11.6 Å². The highest BCUT2D eigenvalue weighted by Crippen LogP contribution is 2.28. The summed E-state index contributed by atoms with van der Waals surface area (Å²) >= 11 is 5.97. The van der Waals surface area contributed by atoms with Crippen LogP contribution in [0.5, 0.6) is 0 Å². The minimum atomic E-state index is -0.347. The SMILES string of the molecule is CC(C)n1ncc2c(C(=O)Nc3ccc(Cl)c(C#N)c3)cc(-c3ccco3)nc21. The molecule has 8 heteroatoms. The van der Waals surface area contributed by atoms with E-state index in [4.69, 9.17) is 21.3 Å². The van der Waals surface area contributed by atoms with Crippen LogP contribution in [-0.4, -0.2) is 20.7 Å². The molecule has 0 aliphatic heterocycles. The predicted octanol–water partition coefficient (Wildman–Crippen LogP) is 5.05. The number of nitrogens with one attached hydrogen (secondary N) is 1. The Bertz CT molecular complexity index is 1250. The quantitative estimate of drug-likeness (QED) is 0.512. The fourth-order valence-electron chi connectivity index (χ4n) is 3.02. The number of rotatable bonds is 4. The lowest BCUT2D eigenvalue weighted by atomic mass is 10.1. The van der Waals surface area contributed by atoms with Crippen molar-refractivity contribution in [2.75, 3.05) is 5.32 Å². The van der Waals surface area contributed by atoms with Gasteiger partial charge in [-0.15, -0.1) is 0 Å². The Morgan fingerprint density at radius 1 is 1.31 bits per heavy atom. The number of fused-ring (bicyclic) bond motifs is 1. The number of furan rings is 1. The molecule has 7 nitrogen and oxygen atoms in total. The minimum Gasteiger partial charge on any atom is -0.463 e. The fourth-order valence-corrected chi connectivity index (χ4v) is 3.18. The van der Waals surface area contributed by atoms with Gasteiger partial charge >= 0.3 is 0 Å². The van der Waals surface area contributed by atoms with Gasteiger partial charge in [-0.25, -0.2) is 9.67 Å². The first-order valence-corrected chi connectivity index (χ1v) is 9.29. The second-order valence-corrected chi connectivity index (χ2v) is 7.12. The Labute approximate surface area is 171 Å². The predicted molar refractivity (Wildman–Crippen MR) is 110 cm³/mol. The van der Waals surface area contributed by atoms with Crippen molar-refractivity contribution in [2.24, 2.45) is 0 Å². The van der Waals surface area contributed by atoms with Gasteiger partial charge in [-0.2, -0.15) is 10.4 Å². The molecular formula is C21H16ClN5O2. The van der Waals surface area contributed by atoms with Crippen LogP contribution in [0, 0.1) is 11.3 Å². The number of carbonyl (C=O) groups is 1. The lowest BCUT2D eigenvalue weighted by Gasteiger charge is -2.10. The van der Waals surface area contributed by atoms with Crippen molar-refractivity contribution >= 4 is 34.2 Å². The van der Waals surface area contributed by atoms with Gasteiger partial charge in [0.25, 0.3) is 5.91 Å². The highest BCUT2D eigenvalue weighted by atomic mass is 35.5. The smallest absolute Gasteiger partial charge is 0.256 e. The number of pyridine rings is 1. The highest BCUT2D eigenvalue weighted by molar-refractivity contribution is 6.31. The van der Waals surface area contributed by atoms with Crippen LogP contribution < -0.4 is 5.32 Å². The van der Waals surface area contributed by atoms with Gasteiger partial charge in [0.15, 0.2) is 11.4 Å². The van der Waals surface area contributed by atoms with Crippen LogP contribution in [0.2, 0.25) is 5.02 Å². The molecule has 0 saturated heterocycles. The second-order valence-electron chi connectivity index (χ2n) is 6.71. The molecule has 144 valence electrons. The van der Waals surface area contributed by atoms with E-state index in [1.807, 2.05) is 19.9 Å². The summed E-state index contributed by atoms with van der Waals surface area (Å²) in [5.74, 6) is 0.204. The first kappa shape index (κ1) is 18.7. The number of benzene rings is 1. The van der Waals surface area contributed by atoms with Crippen LogP contribution in [0.15, 0.2) is 53.3 Å². The average molecular weight is 406 g/mol. The minimum absolute atomic E-state index is 0.0669. The fraction of sp³-hybridized carbons (Fsp3) is 0.143. The number of hydrogen-bond donors (Lipinski definition) is 1. The zero-order valence-electron chi connectivity index (χ0n) is 15.7. The summed E-state index contributed by atoms with van der Waals surface area (Å²) in [5, 5.41) is 17.3. The van der Waals surface area contributed by atoms with Gasteiger partial charge in [0.2, 0.25) is 0 Å². The van der Waals surface area contributed by atoms with Crippen molar-refractivity contribution in [1.82, 2.24) is 14.8 Å². The van der Waals surface area contributed by atoms with Crippen molar-refractivity contribution in [1.29, 1.82) is 5.26 Å². The van der Waals surface area contributed by atoms with Gasteiger partial charge in [0.1, 0.15) is 11.8 Å². The molecule has 0 bridgehead atoms. The Kier molecular flexibility index (Phi) is 4.79. The zero-order chi connectivity index (χ0) is 20.5. The van der Waals surface area contributed by atoms with Crippen LogP contribution in [0.3, 0.4) is 0 Å². The van der Waals surface area contributed by atoms with Crippen LogP contribution in [-0.2, 0) is 0 Å². The number of halogens is 1. The molecule has 0 atom stereocenters. The largest absolute Gasteiger partial charge is 0.463 e. The molecule has 29 heavy (non-hydrogen) atoms. The molecule has 0 fully saturated rings. The molecule has 1 amide bonds. The molecule has 0 spiro atoms. The van der Waals surface area contributed by atoms with Gasteiger partial charge < -0.3 is 9.73 Å². The number of nitrogens with zero attached hydrogens (tertiary/aromatic N) is 4. The average Bonchev–Trinajstić information content (AvgIpc) is 3.38. The molecule has 1 N–H and O–H groups in total. The third kappa shape index (κ3) is 3.46. The van der Waals surface area contributed by atoms with E-state index in [0.29, 0.717) is 38.8 Å². The van der Waals surface area contributed by atoms with E-state index < -0.39 is 0 Å². The number of hydrogen-bond acceptors (Lipinski definition) is 5. The maximum atomic E-state index is 13.1. The Morgan fingerprint density at radius 2 is 2.14 bits per heavy atom. The molecular weight excluding hydrogens is 390 g/mol. The Hall–Kier alpha value is -3.63. The summed E-state index contributed by atoms with van der Waals surface area (Å²) in [6.07, 6.45) is 3.18. The molecule has 3 aromatic heterocycles. The molecule has 0 aliphatic carbocycles. The van der Waals surface area contributed by atoms with Gasteiger partial charge in [0, 0.05) is 11.7 Å². The molecule has 3 heterocycles. The highest BCUT2D eigenvalue weighted by Gasteiger charge is 2.19. The Balaban J connectivity index is 1.81. The first-order chi connectivity index (χ1) is 14.0. The van der Waals surface area contributed by atoms with Crippen LogP contribution in [0.1, 0.15) is 35.8 Å². The lowest BCUT2D eigenvalue weighted by molar-refractivity contribution is 0.102. The maximum Gasteiger partial charge on any atom is 0.256 e. The Morgan fingerprint density at radius 3 is 2.83 bits per heavy atom. The third-order valence-electron chi connectivity index (χ3n) is 4.42. The molecule has 0 unspecified atom stereocenters. The summed E-state index contributed by atoms with van der Waals surface area (Å²) in [6.45, 7) is 3.98. The molecule has 4 rings (SSSR count). The van der Waals surface area contributed by atoms with Crippen LogP contribution in [0.25, 0.3) is 22.5 Å². The van der Waals surface area contributed by atoms with E-state index >= 15 is 0 Å². The van der Waals surface area contributed by atoms with Gasteiger partial charge in [0.05, 0.1) is 34.0 Å². The normalized spacial score (nSPS) is 11.0. The van der Waals surface area contributed by atoms with Crippen molar-refractivity contribution in [3.63, 3.8) is 0 Å². The van der Waals surface area contributed by atoms with Gasteiger partial charge in [-0.05, 0) is 50.2 Å². The number of nitriles is 1. The number of anilines is 1. The number of amides is 1. The van der Waals surface area contributed by atoms with E-state index in [1.165, 1.54) is 6.07 Å². The number of carbonyl (C=O) groups excluding carboxylic acids is 1. The molecule has 1 aromatic carbocycles. The van der Waals surface area contributed by atoms with E-state index in [1.54, 1.807) is 47.5 Å². The van der Waals surface area contributed by atoms with Crippen molar-refractivity contribution in [2.45, 2.75) is 19.9 Å². The maximum absolute atomic E-state index is 13.1. The van der Waals surface area contributed by atoms with E-state index in [0.717, 1.165) is 0 Å². The second kappa shape index (κ2) is 7.41. The monoisotopic (exact) mass is 405 g/mol. The molecule has 0 aliphatic rings. The zero-order valence-corrected chi connectivity index (χ0v) is 16.4. The summed E-state index contributed by atoms with van der Waals surface area (Å²) < 4.78 is 7.23. The summed E-state index contributed by atoms with van der Waals surface area (Å²) in [5.41, 5.74) is 2.28. The van der Waals surface area contributed by atoms with Crippen molar-refractivity contribution in [3.8, 4) is 17.5 Å². The molecule has 0 radical (unpaired) electrons. The van der Waals surface area contributed by atoms with Gasteiger partial charge in [-0.3, -0.25) is 4.79 Å². The van der Waals surface area contributed by atoms with Crippen LogP contribution >= 0.6 is 11.6 Å². The molecule has 4 aromatic rings. The molecule has 0 saturated carbocycles. The summed E-state index contributed by atoms with van der Waals surface area (Å²) in [4.78, 5) is 17.7. The van der Waals surface area contributed by atoms with E-state index in [2.05, 4.69) is 15.4 Å². The van der Waals surface area contributed by atoms with Crippen molar-refractivity contribution in [3.05, 3.63) is 65.0 Å². The topological polar surface area (TPSA) is 96.7 Å².